The minimum Gasteiger partial charge on any atom is -0.260 e. The van der Waals surface area contributed by atoms with E-state index < -0.39 is 0 Å². The van der Waals surface area contributed by atoms with Crippen molar-refractivity contribution in [1.29, 1.82) is 0 Å². The molecule has 0 amide bonds. The highest BCUT2D eigenvalue weighted by Gasteiger charge is 1.88. The van der Waals surface area contributed by atoms with Crippen LogP contribution in [0.3, 0.4) is 0 Å². The summed E-state index contributed by atoms with van der Waals surface area (Å²) in [7, 11) is 0. The maximum absolute atomic E-state index is 3.97. The van der Waals surface area contributed by atoms with E-state index in [2.05, 4.69) is 26.6 Å². The summed E-state index contributed by atoms with van der Waals surface area (Å²) in [5.74, 6) is 0.779. The van der Waals surface area contributed by atoms with Crippen molar-refractivity contribution in [2.45, 2.75) is 0 Å². The van der Waals surface area contributed by atoms with Gasteiger partial charge in [-0.1, -0.05) is 6.08 Å². The third-order valence-electron chi connectivity index (χ3n) is 1.41. The highest BCUT2D eigenvalue weighted by molar-refractivity contribution is 7.08. The van der Waals surface area contributed by atoms with Crippen molar-refractivity contribution in [3.63, 3.8) is 0 Å². The van der Waals surface area contributed by atoms with Crippen molar-refractivity contribution < 1.29 is 0 Å². The summed E-state index contributed by atoms with van der Waals surface area (Å²) in [6, 6.07) is 2.05. The van der Waals surface area contributed by atoms with Gasteiger partial charge in [0, 0.05) is 0 Å². The first-order chi connectivity index (χ1) is 5.95. The number of thiophene rings is 1. The molecular weight excluding hydrogens is 170 g/mol. The molecule has 0 saturated carbocycles. The van der Waals surface area contributed by atoms with E-state index in [1.807, 2.05) is 17.5 Å². The van der Waals surface area contributed by atoms with Gasteiger partial charge in [0.05, 0.1) is 0 Å². The standard InChI is InChI=1S/C8H7N3S/c1(7-3-4-12-5-7)2-8-9-6-10-11-8/h1-6H,(H,9,10,11)/b2-1+. The van der Waals surface area contributed by atoms with E-state index in [0.717, 1.165) is 5.82 Å². The van der Waals surface area contributed by atoms with Crippen LogP contribution < -0.4 is 0 Å². The van der Waals surface area contributed by atoms with E-state index in [-0.39, 0.29) is 0 Å². The van der Waals surface area contributed by atoms with Crippen molar-refractivity contribution >= 4 is 23.5 Å². The normalized spacial score (nSPS) is 11.0. The topological polar surface area (TPSA) is 41.6 Å². The Labute approximate surface area is 73.8 Å². The van der Waals surface area contributed by atoms with Crippen LogP contribution >= 0.6 is 11.3 Å². The minimum atomic E-state index is 0.779. The van der Waals surface area contributed by atoms with E-state index in [1.54, 1.807) is 11.3 Å². The van der Waals surface area contributed by atoms with E-state index in [1.165, 1.54) is 11.9 Å². The Kier molecular flexibility index (Phi) is 2.00. The molecule has 3 nitrogen and oxygen atoms in total. The van der Waals surface area contributed by atoms with Crippen molar-refractivity contribution in [3.8, 4) is 0 Å². The number of hydrogen-bond acceptors (Lipinski definition) is 3. The molecular formula is C8H7N3S. The predicted octanol–water partition coefficient (Wildman–Crippen LogP) is 2.04. The van der Waals surface area contributed by atoms with Gasteiger partial charge in [-0.15, -0.1) is 0 Å². The van der Waals surface area contributed by atoms with E-state index >= 15 is 0 Å². The molecule has 0 aliphatic rings. The molecule has 2 aromatic heterocycles. The van der Waals surface area contributed by atoms with Gasteiger partial charge in [-0.05, 0) is 28.5 Å². The molecule has 2 aromatic rings. The van der Waals surface area contributed by atoms with Crippen LogP contribution in [0.15, 0.2) is 23.2 Å². The van der Waals surface area contributed by atoms with E-state index in [4.69, 9.17) is 0 Å². The summed E-state index contributed by atoms with van der Waals surface area (Å²) in [6.45, 7) is 0. The number of H-pyrrole nitrogens is 1. The average molecular weight is 177 g/mol. The lowest BCUT2D eigenvalue weighted by Crippen LogP contribution is -1.72. The number of nitrogens with one attached hydrogen (secondary N) is 1. The average Bonchev–Trinajstić information content (AvgIpc) is 2.74. The van der Waals surface area contributed by atoms with Crippen LogP contribution in [0.5, 0.6) is 0 Å². The monoisotopic (exact) mass is 177 g/mol. The molecule has 0 aromatic carbocycles. The molecule has 0 atom stereocenters. The van der Waals surface area contributed by atoms with Crippen LogP contribution in [0.2, 0.25) is 0 Å². The predicted molar refractivity (Wildman–Crippen MR) is 49.6 cm³/mol. The lowest BCUT2D eigenvalue weighted by molar-refractivity contribution is 1.08. The second-order valence-corrected chi connectivity index (χ2v) is 3.04. The molecule has 0 unspecified atom stereocenters. The molecule has 0 fully saturated rings. The first-order valence-corrected chi connectivity index (χ1v) is 4.45. The van der Waals surface area contributed by atoms with Gasteiger partial charge in [0.15, 0.2) is 0 Å². The van der Waals surface area contributed by atoms with Gasteiger partial charge >= 0.3 is 0 Å². The molecule has 0 aliphatic carbocycles. The lowest BCUT2D eigenvalue weighted by Gasteiger charge is -1.81. The van der Waals surface area contributed by atoms with Crippen LogP contribution in [0.4, 0.5) is 0 Å². The van der Waals surface area contributed by atoms with Gasteiger partial charge in [-0.3, -0.25) is 5.10 Å². The zero-order chi connectivity index (χ0) is 8.23. The summed E-state index contributed by atoms with van der Waals surface area (Å²) in [5.41, 5.74) is 1.19. The maximum Gasteiger partial charge on any atom is 0.148 e. The van der Waals surface area contributed by atoms with Crippen LogP contribution in [-0.2, 0) is 0 Å². The first kappa shape index (κ1) is 7.24. The quantitative estimate of drug-likeness (QED) is 0.762. The maximum atomic E-state index is 3.97. The lowest BCUT2D eigenvalue weighted by atomic mass is 10.3. The highest BCUT2D eigenvalue weighted by Crippen LogP contribution is 2.08. The van der Waals surface area contributed by atoms with Crippen LogP contribution in [-0.4, -0.2) is 15.2 Å². The van der Waals surface area contributed by atoms with Gasteiger partial charge in [-0.25, -0.2) is 4.98 Å². The fourth-order valence-electron chi connectivity index (χ4n) is 0.840. The molecule has 2 rings (SSSR count). The molecule has 0 radical (unpaired) electrons. The number of aromatic amines is 1. The van der Waals surface area contributed by atoms with Gasteiger partial charge in [0.25, 0.3) is 0 Å². The van der Waals surface area contributed by atoms with Gasteiger partial charge in [0.2, 0.25) is 0 Å². The summed E-state index contributed by atoms with van der Waals surface area (Å²) >= 11 is 1.68. The zero-order valence-corrected chi connectivity index (χ0v) is 7.08. The van der Waals surface area contributed by atoms with Gasteiger partial charge in [-0.2, -0.15) is 16.4 Å². The Morgan fingerprint density at radius 3 is 3.08 bits per heavy atom. The third kappa shape index (κ3) is 1.60. The molecule has 4 heteroatoms. The summed E-state index contributed by atoms with van der Waals surface area (Å²) in [6.07, 6.45) is 5.39. The van der Waals surface area contributed by atoms with Crippen molar-refractivity contribution in [2.75, 3.05) is 0 Å². The first-order valence-electron chi connectivity index (χ1n) is 3.51. The molecule has 0 aliphatic heterocycles. The van der Waals surface area contributed by atoms with Crippen molar-refractivity contribution in [2.24, 2.45) is 0 Å². The Morgan fingerprint density at radius 2 is 2.42 bits per heavy atom. The van der Waals surface area contributed by atoms with Crippen LogP contribution in [0.25, 0.3) is 12.2 Å². The van der Waals surface area contributed by atoms with E-state index in [0.29, 0.717) is 0 Å². The smallest absolute Gasteiger partial charge is 0.148 e. The SMILES string of the molecule is C(=C\c1ncn[nH]1)/c1ccsc1. The Hall–Kier alpha value is -1.42. The molecule has 0 bridgehead atoms. The fraction of sp³-hybridized carbons (Fsp3) is 0. The third-order valence-corrected chi connectivity index (χ3v) is 2.11. The number of aromatic nitrogens is 3. The van der Waals surface area contributed by atoms with Crippen LogP contribution in [0, 0.1) is 0 Å². The Bertz CT molecular complexity index is 311. The van der Waals surface area contributed by atoms with Gasteiger partial charge < -0.3 is 0 Å². The molecule has 0 saturated heterocycles. The minimum absolute atomic E-state index is 0.779. The Balaban J connectivity index is 2.14. The molecule has 60 valence electrons. The Morgan fingerprint density at radius 1 is 1.42 bits per heavy atom. The van der Waals surface area contributed by atoms with Crippen molar-refractivity contribution in [3.05, 3.63) is 34.5 Å². The number of rotatable bonds is 2. The van der Waals surface area contributed by atoms with Gasteiger partial charge in [0.1, 0.15) is 12.2 Å². The summed E-state index contributed by atoms with van der Waals surface area (Å²) in [5, 5.41) is 10.6. The second-order valence-electron chi connectivity index (χ2n) is 2.26. The molecule has 0 spiro atoms. The molecule has 1 N–H and O–H groups in total. The highest BCUT2D eigenvalue weighted by atomic mass is 32.1. The molecule has 12 heavy (non-hydrogen) atoms. The molecule has 2 heterocycles. The summed E-state index contributed by atoms with van der Waals surface area (Å²) in [4.78, 5) is 3.97. The zero-order valence-electron chi connectivity index (χ0n) is 6.27. The second kappa shape index (κ2) is 3.32. The largest absolute Gasteiger partial charge is 0.260 e. The van der Waals surface area contributed by atoms with Crippen LogP contribution in [0.1, 0.15) is 11.4 Å². The van der Waals surface area contributed by atoms with Crippen molar-refractivity contribution in [1.82, 2.24) is 15.2 Å². The number of hydrogen-bond donors (Lipinski definition) is 1. The number of nitrogens with zero attached hydrogens (tertiary/aromatic N) is 2. The van der Waals surface area contributed by atoms with E-state index in [9.17, 15) is 0 Å². The fourth-order valence-corrected chi connectivity index (χ4v) is 1.47. The summed E-state index contributed by atoms with van der Waals surface area (Å²) < 4.78 is 0.